The molecule has 0 aliphatic carbocycles. The van der Waals surface area contributed by atoms with Crippen LogP contribution < -0.4 is 10.2 Å². The number of benzene rings is 2. The largest absolute Gasteiger partial charge is 0.360 e. The number of aromatic nitrogens is 3. The Labute approximate surface area is 205 Å². The van der Waals surface area contributed by atoms with Crippen molar-refractivity contribution >= 4 is 41.5 Å². The highest BCUT2D eigenvalue weighted by Gasteiger charge is 2.46. The second-order valence-electron chi connectivity index (χ2n) is 10.2. The lowest BCUT2D eigenvalue weighted by Crippen LogP contribution is -2.39. The molecule has 1 unspecified atom stereocenters. The number of hydrogen-bond acceptors (Lipinski definition) is 5. The summed E-state index contributed by atoms with van der Waals surface area (Å²) < 4.78 is 7.62. The summed E-state index contributed by atoms with van der Waals surface area (Å²) >= 11 is 0. The van der Waals surface area contributed by atoms with E-state index in [0.29, 0.717) is 30.1 Å². The molecule has 0 saturated carbocycles. The van der Waals surface area contributed by atoms with Crippen LogP contribution in [-0.2, 0) is 17.0 Å². The van der Waals surface area contributed by atoms with Crippen LogP contribution in [0.15, 0.2) is 61.1 Å². The van der Waals surface area contributed by atoms with E-state index in [4.69, 9.17) is 9.84 Å². The van der Waals surface area contributed by atoms with Crippen LogP contribution in [0, 0.1) is 11.3 Å². The number of carbonyl (C=O) groups is 1. The average Bonchev–Trinajstić information content (AvgIpc) is 3.42. The summed E-state index contributed by atoms with van der Waals surface area (Å²) in [4.78, 5) is 19.1. The lowest BCUT2D eigenvalue weighted by molar-refractivity contribution is 0.0791. The van der Waals surface area contributed by atoms with E-state index in [1.165, 1.54) is 0 Å². The van der Waals surface area contributed by atoms with E-state index in [1.54, 1.807) is 22.0 Å². The Morgan fingerprint density at radius 2 is 1.94 bits per heavy atom. The van der Waals surface area contributed by atoms with Gasteiger partial charge in [-0.2, -0.15) is 10.4 Å². The van der Waals surface area contributed by atoms with Crippen molar-refractivity contribution in [1.82, 2.24) is 20.1 Å². The maximum absolute atomic E-state index is 13.2. The smallest absolute Gasteiger partial charge is 0.323 e. The fourth-order valence-electron chi connectivity index (χ4n) is 4.43. The summed E-state index contributed by atoms with van der Waals surface area (Å²) in [5, 5.41) is 20.6. The van der Waals surface area contributed by atoms with E-state index in [2.05, 4.69) is 36.0 Å². The fourth-order valence-corrected chi connectivity index (χ4v) is 5.18. The molecule has 2 aromatic heterocycles. The number of nitrogens with one attached hydrogen (secondary N) is 1. The Hall–Kier alpha value is -3.74. The summed E-state index contributed by atoms with van der Waals surface area (Å²) in [5.41, 5.74) is 0.810. The number of fused-ring (bicyclic) bond motifs is 2. The van der Waals surface area contributed by atoms with Crippen LogP contribution >= 0.6 is 0 Å². The highest BCUT2D eigenvalue weighted by atomic mass is 28.3. The Bertz CT molecular complexity index is 1450. The molecule has 0 radical (unpaired) electrons. The molecule has 4 aromatic rings. The van der Waals surface area contributed by atoms with Crippen molar-refractivity contribution < 1.29 is 9.53 Å². The molecule has 5 rings (SSSR count). The Kier molecular flexibility index (Phi) is 5.79. The Balaban J connectivity index is 1.45. The molecule has 3 heterocycles. The molecule has 1 N–H and O–H groups in total. The quantitative estimate of drug-likeness (QED) is 0.299. The normalized spacial score (nSPS) is 18.2. The number of ether oxygens (including phenoxy) is 1. The summed E-state index contributed by atoms with van der Waals surface area (Å²) in [6.07, 6.45) is 5.35. The van der Waals surface area contributed by atoms with Crippen LogP contribution in [0.1, 0.15) is 5.56 Å². The van der Waals surface area contributed by atoms with Gasteiger partial charge in [0.05, 0.1) is 18.3 Å². The van der Waals surface area contributed by atoms with Crippen molar-refractivity contribution in [3.8, 4) is 6.07 Å². The SMILES string of the molecule is C[Si](C)(C)CCOCn1cc2cccc(N3CC(C#N)(c4cncc5ccccc45)NC3=O)c2n1. The zero-order chi connectivity index (χ0) is 24.6. The molecular weight excluding hydrogens is 456 g/mol. The molecular formula is C26H28N6O2Si. The predicted octanol–water partition coefficient (Wildman–Crippen LogP) is 4.85. The lowest BCUT2D eigenvalue weighted by Gasteiger charge is -2.22. The van der Waals surface area contributed by atoms with Crippen molar-refractivity contribution in [1.29, 1.82) is 5.26 Å². The number of nitriles is 1. The van der Waals surface area contributed by atoms with Gasteiger partial charge in [-0.25, -0.2) is 9.48 Å². The van der Waals surface area contributed by atoms with Crippen LogP contribution in [0.5, 0.6) is 0 Å². The van der Waals surface area contributed by atoms with Gasteiger partial charge in [0.25, 0.3) is 0 Å². The highest BCUT2D eigenvalue weighted by molar-refractivity contribution is 6.76. The molecule has 0 bridgehead atoms. The second-order valence-corrected chi connectivity index (χ2v) is 15.8. The van der Waals surface area contributed by atoms with E-state index < -0.39 is 13.6 Å². The van der Waals surface area contributed by atoms with Gasteiger partial charge >= 0.3 is 6.03 Å². The number of hydrogen-bond donors (Lipinski definition) is 1. The third-order valence-corrected chi connectivity index (χ3v) is 8.06. The number of rotatable bonds is 7. The van der Waals surface area contributed by atoms with Crippen molar-refractivity contribution in [2.45, 2.75) is 38.0 Å². The molecule has 0 spiro atoms. The summed E-state index contributed by atoms with van der Waals surface area (Å²) in [7, 11) is -1.16. The molecule has 8 nitrogen and oxygen atoms in total. The number of carbonyl (C=O) groups excluding carboxylic acids is 1. The first kappa shape index (κ1) is 23.0. The van der Waals surface area contributed by atoms with Gasteiger partial charge in [0.2, 0.25) is 0 Å². The van der Waals surface area contributed by atoms with Crippen molar-refractivity contribution in [2.75, 3.05) is 18.1 Å². The third kappa shape index (κ3) is 4.38. The molecule has 9 heteroatoms. The molecule has 1 fully saturated rings. The number of amides is 2. The zero-order valence-corrected chi connectivity index (χ0v) is 21.2. The predicted molar refractivity (Wildman–Crippen MR) is 139 cm³/mol. The molecule has 2 aromatic carbocycles. The van der Waals surface area contributed by atoms with E-state index in [-0.39, 0.29) is 12.6 Å². The minimum absolute atomic E-state index is 0.150. The number of pyridine rings is 1. The maximum atomic E-state index is 13.2. The fraction of sp³-hybridized carbons (Fsp3) is 0.308. The van der Waals surface area contributed by atoms with Gasteiger partial charge in [-0.15, -0.1) is 0 Å². The molecule has 1 aliphatic rings. The maximum Gasteiger partial charge on any atom is 0.323 e. The third-order valence-electron chi connectivity index (χ3n) is 6.35. The lowest BCUT2D eigenvalue weighted by atomic mass is 9.89. The van der Waals surface area contributed by atoms with Gasteiger partial charge in [-0.05, 0) is 17.5 Å². The van der Waals surface area contributed by atoms with Crippen LogP contribution in [0.4, 0.5) is 10.5 Å². The van der Waals surface area contributed by atoms with Crippen molar-refractivity contribution in [3.05, 3.63) is 66.6 Å². The van der Waals surface area contributed by atoms with Crippen LogP contribution in [-0.4, -0.2) is 42.0 Å². The summed E-state index contributed by atoms with van der Waals surface area (Å²) in [5.74, 6) is 0. The van der Waals surface area contributed by atoms with Gasteiger partial charge in [-0.1, -0.05) is 56.0 Å². The number of nitrogens with zero attached hydrogens (tertiary/aromatic N) is 5. The topological polar surface area (TPSA) is 96.1 Å². The van der Waals surface area contributed by atoms with E-state index >= 15 is 0 Å². The summed E-state index contributed by atoms with van der Waals surface area (Å²) in [6.45, 7) is 8.17. The first-order valence-corrected chi connectivity index (χ1v) is 15.4. The Morgan fingerprint density at radius 3 is 2.74 bits per heavy atom. The summed E-state index contributed by atoms with van der Waals surface area (Å²) in [6, 6.07) is 16.6. The van der Waals surface area contributed by atoms with Gasteiger partial charge in [0.15, 0.2) is 5.54 Å². The van der Waals surface area contributed by atoms with Crippen LogP contribution in [0.2, 0.25) is 25.7 Å². The number of urea groups is 1. The van der Waals surface area contributed by atoms with Crippen molar-refractivity contribution in [2.24, 2.45) is 0 Å². The molecule has 1 saturated heterocycles. The molecule has 1 aliphatic heterocycles. The average molecular weight is 485 g/mol. The Morgan fingerprint density at radius 1 is 1.14 bits per heavy atom. The van der Waals surface area contributed by atoms with E-state index in [9.17, 15) is 10.1 Å². The van der Waals surface area contributed by atoms with Crippen LogP contribution in [0.3, 0.4) is 0 Å². The van der Waals surface area contributed by atoms with Gasteiger partial charge in [-0.3, -0.25) is 9.88 Å². The minimum atomic E-state index is -1.23. The standard InChI is InChI=1S/C26H28N6O2Si/c1-35(2,3)12-11-34-18-31-15-20-8-6-10-23(24(20)30-31)32-17-26(16-27,29-25(32)33)22-14-28-13-19-7-4-5-9-21(19)22/h4-10,13-15H,11-12,17-18H2,1-3H3,(H,29,33). The zero-order valence-electron chi connectivity index (χ0n) is 20.2. The van der Waals surface area contributed by atoms with E-state index in [0.717, 1.165) is 22.2 Å². The first-order chi connectivity index (χ1) is 16.8. The van der Waals surface area contributed by atoms with Gasteiger partial charge < -0.3 is 10.1 Å². The molecule has 1 atom stereocenters. The van der Waals surface area contributed by atoms with Gasteiger partial charge in [0.1, 0.15) is 12.2 Å². The molecule has 178 valence electrons. The van der Waals surface area contributed by atoms with E-state index in [1.807, 2.05) is 48.7 Å². The first-order valence-electron chi connectivity index (χ1n) is 11.7. The monoisotopic (exact) mass is 484 g/mol. The van der Waals surface area contributed by atoms with Gasteiger partial charge in [0, 0.05) is 49.6 Å². The highest BCUT2D eigenvalue weighted by Crippen LogP contribution is 2.36. The van der Waals surface area contributed by atoms with Crippen LogP contribution in [0.25, 0.3) is 21.7 Å². The molecule has 35 heavy (non-hydrogen) atoms. The second kappa shape index (κ2) is 8.80. The molecule has 2 amide bonds. The van der Waals surface area contributed by atoms with Crippen molar-refractivity contribution in [3.63, 3.8) is 0 Å². The number of anilines is 1. The minimum Gasteiger partial charge on any atom is -0.360 e.